The summed E-state index contributed by atoms with van der Waals surface area (Å²) in [5.41, 5.74) is 2.45. The lowest BCUT2D eigenvalue weighted by Crippen LogP contribution is -2.17. The van der Waals surface area contributed by atoms with Crippen molar-refractivity contribution in [3.05, 3.63) is 81.0 Å². The van der Waals surface area contributed by atoms with Crippen molar-refractivity contribution >= 4 is 46.1 Å². The molecule has 0 spiro atoms. The molecule has 3 rings (SSSR count). The molecule has 1 aromatic heterocycles. The molecule has 0 aliphatic heterocycles. The van der Waals surface area contributed by atoms with E-state index in [1.54, 1.807) is 30.3 Å². The van der Waals surface area contributed by atoms with Gasteiger partial charge in [-0.3, -0.25) is 9.59 Å². The average molecular weight is 371 g/mol. The number of amides is 2. The van der Waals surface area contributed by atoms with Gasteiger partial charge in [-0.2, -0.15) is 0 Å². The van der Waals surface area contributed by atoms with E-state index in [2.05, 4.69) is 10.6 Å². The summed E-state index contributed by atoms with van der Waals surface area (Å²) in [7, 11) is 0. The summed E-state index contributed by atoms with van der Waals surface area (Å²) < 4.78 is 0. The van der Waals surface area contributed by atoms with E-state index in [0.717, 1.165) is 5.56 Å². The van der Waals surface area contributed by atoms with Crippen LogP contribution in [0, 0.1) is 6.92 Å². The zero-order valence-electron chi connectivity index (χ0n) is 13.4. The van der Waals surface area contributed by atoms with E-state index in [1.165, 1.54) is 11.3 Å². The number of benzene rings is 2. The Bertz CT molecular complexity index is 923. The molecule has 25 heavy (non-hydrogen) atoms. The van der Waals surface area contributed by atoms with Crippen molar-refractivity contribution in [2.75, 3.05) is 10.6 Å². The molecule has 4 nitrogen and oxygen atoms in total. The van der Waals surface area contributed by atoms with Gasteiger partial charge in [0.2, 0.25) is 0 Å². The van der Waals surface area contributed by atoms with Crippen molar-refractivity contribution < 1.29 is 9.59 Å². The first kappa shape index (κ1) is 17.2. The van der Waals surface area contributed by atoms with Gasteiger partial charge in [0.15, 0.2) is 0 Å². The zero-order valence-corrected chi connectivity index (χ0v) is 14.9. The number of halogens is 1. The maximum Gasteiger partial charge on any atom is 0.265 e. The molecule has 0 radical (unpaired) electrons. The minimum atomic E-state index is -0.316. The lowest BCUT2D eigenvalue weighted by Gasteiger charge is -2.12. The van der Waals surface area contributed by atoms with Gasteiger partial charge in [0, 0.05) is 10.7 Å². The maximum atomic E-state index is 12.6. The SMILES string of the molecule is Cc1cccc(NC(=O)c2ccc(Cl)cc2NC(=O)c2cccs2)c1. The number of rotatable bonds is 4. The predicted molar refractivity (Wildman–Crippen MR) is 103 cm³/mol. The van der Waals surface area contributed by atoms with Gasteiger partial charge in [-0.1, -0.05) is 29.8 Å². The monoisotopic (exact) mass is 370 g/mol. The third-order valence-corrected chi connectivity index (χ3v) is 4.60. The second-order valence-electron chi connectivity index (χ2n) is 5.44. The van der Waals surface area contributed by atoms with Crippen LogP contribution in [0.2, 0.25) is 5.02 Å². The highest BCUT2D eigenvalue weighted by atomic mass is 35.5. The number of carbonyl (C=O) groups excluding carboxylic acids is 2. The molecule has 0 saturated carbocycles. The van der Waals surface area contributed by atoms with Gasteiger partial charge in [-0.15, -0.1) is 11.3 Å². The summed E-state index contributed by atoms with van der Waals surface area (Å²) in [6.45, 7) is 1.95. The maximum absolute atomic E-state index is 12.6. The van der Waals surface area contributed by atoms with E-state index in [4.69, 9.17) is 11.6 Å². The van der Waals surface area contributed by atoms with E-state index in [1.807, 2.05) is 36.6 Å². The van der Waals surface area contributed by atoms with Gasteiger partial charge >= 0.3 is 0 Å². The topological polar surface area (TPSA) is 58.2 Å². The molecule has 0 atom stereocenters. The molecular weight excluding hydrogens is 356 g/mol. The highest BCUT2D eigenvalue weighted by Gasteiger charge is 2.16. The van der Waals surface area contributed by atoms with Crippen LogP contribution in [0.3, 0.4) is 0 Å². The van der Waals surface area contributed by atoms with Gasteiger partial charge < -0.3 is 10.6 Å². The van der Waals surface area contributed by atoms with E-state index in [9.17, 15) is 9.59 Å². The standard InChI is InChI=1S/C19H15ClN2O2S/c1-12-4-2-5-14(10-12)21-18(23)15-8-7-13(20)11-16(15)22-19(24)17-6-3-9-25-17/h2-11H,1H3,(H,21,23)(H,22,24). The van der Waals surface area contributed by atoms with E-state index in [0.29, 0.717) is 26.8 Å². The number of thiophene rings is 1. The second-order valence-corrected chi connectivity index (χ2v) is 6.83. The molecule has 2 amide bonds. The van der Waals surface area contributed by atoms with Gasteiger partial charge in [0.25, 0.3) is 11.8 Å². The molecule has 126 valence electrons. The predicted octanol–water partition coefficient (Wildman–Crippen LogP) is 5.21. The van der Waals surface area contributed by atoms with Crippen molar-refractivity contribution in [2.24, 2.45) is 0 Å². The molecule has 2 aromatic carbocycles. The highest BCUT2D eigenvalue weighted by Crippen LogP contribution is 2.24. The van der Waals surface area contributed by atoms with Crippen LogP contribution in [0.25, 0.3) is 0 Å². The fourth-order valence-corrected chi connectivity index (χ4v) is 3.12. The van der Waals surface area contributed by atoms with Crippen LogP contribution in [0.15, 0.2) is 60.0 Å². The molecule has 2 N–H and O–H groups in total. The van der Waals surface area contributed by atoms with Crippen LogP contribution in [-0.4, -0.2) is 11.8 Å². The van der Waals surface area contributed by atoms with Crippen molar-refractivity contribution in [2.45, 2.75) is 6.92 Å². The van der Waals surface area contributed by atoms with Crippen LogP contribution < -0.4 is 10.6 Å². The number of anilines is 2. The minimum absolute atomic E-state index is 0.276. The van der Waals surface area contributed by atoms with Gasteiger partial charge in [0.05, 0.1) is 16.1 Å². The first-order chi connectivity index (χ1) is 12.0. The molecule has 0 aliphatic carbocycles. The highest BCUT2D eigenvalue weighted by molar-refractivity contribution is 7.12. The first-order valence-electron chi connectivity index (χ1n) is 7.55. The van der Waals surface area contributed by atoms with Crippen molar-refractivity contribution in [3.8, 4) is 0 Å². The molecule has 3 aromatic rings. The van der Waals surface area contributed by atoms with Crippen LogP contribution in [-0.2, 0) is 0 Å². The van der Waals surface area contributed by atoms with Crippen molar-refractivity contribution in [3.63, 3.8) is 0 Å². The normalized spacial score (nSPS) is 10.3. The minimum Gasteiger partial charge on any atom is -0.322 e. The van der Waals surface area contributed by atoms with Gasteiger partial charge in [-0.25, -0.2) is 0 Å². The Morgan fingerprint density at radius 1 is 0.960 bits per heavy atom. The van der Waals surface area contributed by atoms with E-state index in [-0.39, 0.29) is 11.8 Å². The Morgan fingerprint density at radius 2 is 1.80 bits per heavy atom. The smallest absolute Gasteiger partial charge is 0.265 e. The number of hydrogen-bond acceptors (Lipinski definition) is 3. The fourth-order valence-electron chi connectivity index (χ4n) is 2.33. The molecule has 0 unspecified atom stereocenters. The first-order valence-corrected chi connectivity index (χ1v) is 8.81. The number of nitrogens with one attached hydrogen (secondary N) is 2. The Morgan fingerprint density at radius 3 is 2.52 bits per heavy atom. The Hall–Kier alpha value is -2.63. The largest absolute Gasteiger partial charge is 0.322 e. The summed E-state index contributed by atoms with van der Waals surface area (Å²) in [6.07, 6.45) is 0. The number of hydrogen-bond donors (Lipinski definition) is 2. The zero-order chi connectivity index (χ0) is 17.8. The molecule has 6 heteroatoms. The second kappa shape index (κ2) is 7.51. The van der Waals surface area contributed by atoms with Gasteiger partial charge in [0.1, 0.15) is 0 Å². The Labute approximate surface area is 154 Å². The lowest BCUT2D eigenvalue weighted by molar-refractivity contribution is 0.102. The van der Waals surface area contributed by atoms with Crippen LogP contribution in [0.1, 0.15) is 25.6 Å². The third kappa shape index (κ3) is 4.26. The van der Waals surface area contributed by atoms with E-state index >= 15 is 0 Å². The fraction of sp³-hybridized carbons (Fsp3) is 0.0526. The third-order valence-electron chi connectivity index (χ3n) is 3.50. The molecule has 0 bridgehead atoms. The van der Waals surface area contributed by atoms with Crippen molar-refractivity contribution in [1.29, 1.82) is 0 Å². The summed E-state index contributed by atoms with van der Waals surface area (Å²) in [5, 5.41) is 7.85. The lowest BCUT2D eigenvalue weighted by atomic mass is 10.1. The average Bonchev–Trinajstić information content (AvgIpc) is 3.09. The summed E-state index contributed by atoms with van der Waals surface area (Å²) in [6, 6.07) is 15.8. The summed E-state index contributed by atoms with van der Waals surface area (Å²) in [5.74, 6) is -0.592. The number of aryl methyl sites for hydroxylation is 1. The Kier molecular flexibility index (Phi) is 5.16. The van der Waals surface area contributed by atoms with Crippen LogP contribution in [0.4, 0.5) is 11.4 Å². The molecule has 1 heterocycles. The molecule has 0 aliphatic rings. The summed E-state index contributed by atoms with van der Waals surface area (Å²) >= 11 is 7.36. The van der Waals surface area contributed by atoms with Gasteiger partial charge in [-0.05, 0) is 54.3 Å². The molecular formula is C19H15ClN2O2S. The molecule has 0 fully saturated rings. The van der Waals surface area contributed by atoms with Crippen LogP contribution in [0.5, 0.6) is 0 Å². The summed E-state index contributed by atoms with van der Waals surface area (Å²) in [4.78, 5) is 25.5. The number of carbonyl (C=O) groups is 2. The van der Waals surface area contributed by atoms with Crippen LogP contribution >= 0.6 is 22.9 Å². The van der Waals surface area contributed by atoms with E-state index < -0.39 is 0 Å². The molecule has 0 saturated heterocycles. The quantitative estimate of drug-likeness (QED) is 0.661. The Balaban J connectivity index is 1.85. The van der Waals surface area contributed by atoms with Crippen molar-refractivity contribution in [1.82, 2.24) is 0 Å².